The van der Waals surface area contributed by atoms with E-state index in [9.17, 15) is 14.4 Å². The fraction of sp³-hybridized carbons (Fsp3) is 0.400. The first-order chi connectivity index (χ1) is 13.3. The quantitative estimate of drug-likeness (QED) is 0.645. The lowest BCUT2D eigenvalue weighted by molar-refractivity contribution is -0.133. The standard InChI is InChI=1S/C20H21N3O5/c1-11-8-14(22-28-11)18(26)27-16-7-5-4-6-13(16)15-9-20(3)10-17(25)21-19(20)23(15)12(2)24/h4-8,15,19H,9-10H2,1-3H3,(H,21,25)/t15-,19+,20+/m0/s1. The van der Waals surface area contributed by atoms with Crippen molar-refractivity contribution >= 4 is 17.8 Å². The number of ether oxygens (including phenoxy) is 1. The van der Waals surface area contributed by atoms with Crippen LogP contribution in [0.3, 0.4) is 0 Å². The summed E-state index contributed by atoms with van der Waals surface area (Å²) in [5, 5.41) is 6.60. The van der Waals surface area contributed by atoms with E-state index in [4.69, 9.17) is 9.26 Å². The molecule has 8 heteroatoms. The van der Waals surface area contributed by atoms with E-state index >= 15 is 0 Å². The van der Waals surface area contributed by atoms with Crippen LogP contribution in [0, 0.1) is 12.3 Å². The number of amides is 2. The fourth-order valence-electron chi connectivity index (χ4n) is 4.27. The summed E-state index contributed by atoms with van der Waals surface area (Å²) in [5.41, 5.74) is 0.433. The van der Waals surface area contributed by atoms with Gasteiger partial charge < -0.3 is 19.5 Å². The van der Waals surface area contributed by atoms with Gasteiger partial charge in [0.2, 0.25) is 11.8 Å². The van der Waals surface area contributed by atoms with Gasteiger partial charge in [-0.3, -0.25) is 9.59 Å². The lowest BCUT2D eigenvalue weighted by atomic mass is 9.83. The largest absolute Gasteiger partial charge is 0.421 e. The molecule has 2 aromatic rings. The zero-order chi connectivity index (χ0) is 20.1. The Bertz CT molecular complexity index is 968. The van der Waals surface area contributed by atoms with E-state index in [1.807, 2.05) is 19.1 Å². The van der Waals surface area contributed by atoms with Crippen LogP contribution < -0.4 is 10.1 Å². The fourth-order valence-corrected chi connectivity index (χ4v) is 4.27. The molecule has 1 aromatic heterocycles. The third-order valence-corrected chi connectivity index (χ3v) is 5.48. The Morgan fingerprint density at radius 3 is 2.79 bits per heavy atom. The highest BCUT2D eigenvalue weighted by atomic mass is 16.5. The van der Waals surface area contributed by atoms with Crippen LogP contribution >= 0.6 is 0 Å². The van der Waals surface area contributed by atoms with Crippen LogP contribution in [0.15, 0.2) is 34.9 Å². The summed E-state index contributed by atoms with van der Waals surface area (Å²) in [7, 11) is 0. The van der Waals surface area contributed by atoms with E-state index in [1.54, 1.807) is 24.0 Å². The highest BCUT2D eigenvalue weighted by Crippen LogP contribution is 2.52. The molecule has 4 rings (SSSR count). The number of nitrogens with one attached hydrogen (secondary N) is 1. The zero-order valence-electron chi connectivity index (χ0n) is 15.9. The van der Waals surface area contributed by atoms with Gasteiger partial charge in [0.1, 0.15) is 17.7 Å². The van der Waals surface area contributed by atoms with Crippen molar-refractivity contribution in [1.29, 1.82) is 0 Å². The maximum atomic E-state index is 12.4. The van der Waals surface area contributed by atoms with Crippen LogP contribution in [0.5, 0.6) is 5.75 Å². The summed E-state index contributed by atoms with van der Waals surface area (Å²) < 4.78 is 10.5. The third kappa shape index (κ3) is 2.94. The van der Waals surface area contributed by atoms with E-state index in [2.05, 4.69) is 10.5 Å². The van der Waals surface area contributed by atoms with Crippen molar-refractivity contribution in [3.63, 3.8) is 0 Å². The molecule has 28 heavy (non-hydrogen) atoms. The Morgan fingerprint density at radius 2 is 2.11 bits per heavy atom. The van der Waals surface area contributed by atoms with Gasteiger partial charge in [-0.15, -0.1) is 0 Å². The molecule has 0 saturated carbocycles. The van der Waals surface area contributed by atoms with Crippen molar-refractivity contribution < 1.29 is 23.6 Å². The number of carbonyl (C=O) groups excluding carboxylic acids is 3. The first-order valence-electron chi connectivity index (χ1n) is 9.11. The van der Waals surface area contributed by atoms with Gasteiger partial charge in [0.05, 0.1) is 6.04 Å². The minimum absolute atomic E-state index is 0.0571. The molecule has 0 unspecified atom stereocenters. The highest BCUT2D eigenvalue weighted by molar-refractivity contribution is 5.89. The number of hydrogen-bond donors (Lipinski definition) is 1. The van der Waals surface area contributed by atoms with Crippen molar-refractivity contribution in [2.75, 3.05) is 0 Å². The molecule has 1 N–H and O–H groups in total. The second kappa shape index (κ2) is 6.47. The lowest BCUT2D eigenvalue weighted by Gasteiger charge is -2.30. The van der Waals surface area contributed by atoms with Gasteiger partial charge in [-0.25, -0.2) is 4.79 Å². The van der Waals surface area contributed by atoms with Gasteiger partial charge in [-0.2, -0.15) is 0 Å². The highest BCUT2D eigenvalue weighted by Gasteiger charge is 2.56. The number of rotatable bonds is 3. The number of likely N-dealkylation sites (tertiary alicyclic amines) is 1. The molecule has 2 aliphatic heterocycles. The predicted octanol–water partition coefficient (Wildman–Crippen LogP) is 2.35. The van der Waals surface area contributed by atoms with E-state index in [1.165, 1.54) is 13.0 Å². The molecule has 0 radical (unpaired) electrons. The number of fused-ring (bicyclic) bond motifs is 1. The van der Waals surface area contributed by atoms with Gasteiger partial charge in [0.25, 0.3) is 0 Å². The molecule has 0 aliphatic carbocycles. The van der Waals surface area contributed by atoms with Crippen molar-refractivity contribution in [3.8, 4) is 5.75 Å². The van der Waals surface area contributed by atoms with E-state index in [0.717, 1.165) is 5.56 Å². The third-order valence-electron chi connectivity index (χ3n) is 5.48. The number of aromatic nitrogens is 1. The average molecular weight is 383 g/mol. The molecule has 2 fully saturated rings. The van der Waals surface area contributed by atoms with Crippen LogP contribution in [0.2, 0.25) is 0 Å². The topological polar surface area (TPSA) is 102 Å². The van der Waals surface area contributed by atoms with Crippen molar-refractivity contribution in [2.45, 2.75) is 45.8 Å². The summed E-state index contributed by atoms with van der Waals surface area (Å²) in [5.74, 6) is 0.0402. The van der Waals surface area contributed by atoms with Gasteiger partial charge in [0, 0.05) is 30.4 Å². The number of carbonyl (C=O) groups is 3. The minimum Gasteiger partial charge on any atom is -0.421 e. The molecule has 3 heterocycles. The smallest absolute Gasteiger partial charge is 0.365 e. The number of hydrogen-bond acceptors (Lipinski definition) is 6. The average Bonchev–Trinajstić information content (AvgIpc) is 3.25. The van der Waals surface area contributed by atoms with Crippen LogP contribution in [0.4, 0.5) is 0 Å². The van der Waals surface area contributed by atoms with Crippen LogP contribution in [-0.4, -0.2) is 34.0 Å². The molecule has 8 nitrogen and oxygen atoms in total. The second-order valence-electron chi connectivity index (χ2n) is 7.70. The lowest BCUT2D eigenvalue weighted by Crippen LogP contribution is -2.46. The Balaban J connectivity index is 1.67. The Hall–Kier alpha value is -3.16. The predicted molar refractivity (Wildman–Crippen MR) is 97.2 cm³/mol. The number of esters is 1. The first kappa shape index (κ1) is 18.2. The van der Waals surface area contributed by atoms with Crippen molar-refractivity contribution in [3.05, 3.63) is 47.3 Å². The summed E-state index contributed by atoms with van der Waals surface area (Å²) in [6.07, 6.45) is 0.579. The number of nitrogens with zero attached hydrogens (tertiary/aromatic N) is 2. The van der Waals surface area contributed by atoms with Crippen molar-refractivity contribution in [1.82, 2.24) is 15.4 Å². The molecule has 3 atom stereocenters. The normalized spacial score (nSPS) is 26.1. The number of benzene rings is 1. The summed E-state index contributed by atoms with van der Waals surface area (Å²) in [6.45, 7) is 5.17. The number of aryl methyl sites for hydroxylation is 1. The van der Waals surface area contributed by atoms with E-state index < -0.39 is 5.97 Å². The maximum Gasteiger partial charge on any atom is 0.365 e. The molecular formula is C20H21N3O5. The zero-order valence-corrected chi connectivity index (χ0v) is 15.9. The van der Waals surface area contributed by atoms with Crippen LogP contribution in [0.25, 0.3) is 0 Å². The minimum atomic E-state index is -0.628. The molecule has 2 aliphatic rings. The van der Waals surface area contributed by atoms with E-state index in [0.29, 0.717) is 24.4 Å². The van der Waals surface area contributed by atoms with Crippen LogP contribution in [-0.2, 0) is 9.59 Å². The van der Waals surface area contributed by atoms with Crippen LogP contribution in [0.1, 0.15) is 54.5 Å². The summed E-state index contributed by atoms with van der Waals surface area (Å²) >= 11 is 0. The molecule has 2 amide bonds. The maximum absolute atomic E-state index is 12.4. The van der Waals surface area contributed by atoms with E-state index in [-0.39, 0.29) is 35.1 Å². The molecule has 0 spiro atoms. The molecular weight excluding hydrogens is 362 g/mol. The first-order valence-corrected chi connectivity index (χ1v) is 9.11. The molecule has 1 aromatic carbocycles. The summed E-state index contributed by atoms with van der Waals surface area (Å²) in [6, 6.07) is 8.31. The van der Waals surface area contributed by atoms with Crippen molar-refractivity contribution in [2.24, 2.45) is 5.41 Å². The summed E-state index contributed by atoms with van der Waals surface area (Å²) in [4.78, 5) is 38.4. The van der Waals surface area contributed by atoms with Gasteiger partial charge in [0.15, 0.2) is 5.69 Å². The van der Waals surface area contributed by atoms with Gasteiger partial charge >= 0.3 is 5.97 Å². The molecule has 2 saturated heterocycles. The molecule has 146 valence electrons. The Morgan fingerprint density at radius 1 is 1.36 bits per heavy atom. The Labute approximate surface area is 161 Å². The second-order valence-corrected chi connectivity index (χ2v) is 7.70. The monoisotopic (exact) mass is 383 g/mol. The molecule has 0 bridgehead atoms. The Kier molecular flexibility index (Phi) is 4.21. The number of para-hydroxylation sites is 1. The van der Waals surface area contributed by atoms with Gasteiger partial charge in [-0.05, 0) is 19.4 Å². The SMILES string of the molecule is CC(=O)N1[C@H]2NC(=O)C[C@@]2(C)C[C@H]1c1ccccc1OC(=O)c1cc(C)on1. The van der Waals surface area contributed by atoms with Gasteiger partial charge in [-0.1, -0.05) is 30.3 Å².